The maximum Gasteiger partial charge on any atom is 0.157 e. The molecule has 1 aliphatic carbocycles. The molecule has 0 radical (unpaired) electrons. The maximum absolute atomic E-state index is 11.6. The van der Waals surface area contributed by atoms with E-state index in [-0.39, 0.29) is 11.2 Å². The molecule has 0 aromatic rings. The predicted molar refractivity (Wildman–Crippen MR) is 66.4 cm³/mol. The van der Waals surface area contributed by atoms with E-state index in [1.54, 1.807) is 0 Å². The number of carbonyl (C=O) groups excluding carboxylic acids is 1. The van der Waals surface area contributed by atoms with E-state index in [0.29, 0.717) is 11.8 Å². The summed E-state index contributed by atoms with van der Waals surface area (Å²) in [5.41, 5.74) is -0.174. The highest BCUT2D eigenvalue weighted by Crippen LogP contribution is 2.62. The second-order valence-corrected chi connectivity index (χ2v) is 8.88. The lowest BCUT2D eigenvalue weighted by molar-refractivity contribution is -0.137. The van der Waals surface area contributed by atoms with Crippen molar-refractivity contribution in [1.82, 2.24) is 0 Å². The lowest BCUT2D eigenvalue weighted by Crippen LogP contribution is -2.67. The first-order valence-corrected chi connectivity index (χ1v) is 6.93. The lowest BCUT2D eigenvalue weighted by atomic mass is 9.59. The highest BCUT2D eigenvalue weighted by atomic mass is 79.9. The van der Waals surface area contributed by atoms with Crippen LogP contribution >= 0.6 is 59.4 Å². The lowest BCUT2D eigenvalue weighted by Gasteiger charge is -2.55. The Morgan fingerprint density at radius 3 is 2.15 bits per heavy atom. The molecule has 76 valence electrons. The Morgan fingerprint density at radius 2 is 2.00 bits per heavy atom. The molecule has 0 N–H and O–H groups in total. The Labute approximate surface area is 108 Å². The Kier molecular flexibility index (Phi) is 3.32. The standard InChI is InChI=1S/C8H10Br3ClO/c1-6(2)3-5(13)8(6,12)7(10,11)4-9/h3-4H2,1-2H3. The average Bonchev–Trinajstić information content (AvgIpc) is 2.02. The fourth-order valence-corrected chi connectivity index (χ4v) is 4.00. The maximum atomic E-state index is 11.6. The number of rotatable bonds is 2. The summed E-state index contributed by atoms with van der Waals surface area (Å²) in [6.45, 7) is 4.00. The zero-order chi connectivity index (χ0) is 10.5. The van der Waals surface area contributed by atoms with E-state index in [4.69, 9.17) is 11.6 Å². The normalized spacial score (nSPS) is 32.9. The van der Waals surface area contributed by atoms with Crippen LogP contribution in [0, 0.1) is 5.41 Å². The van der Waals surface area contributed by atoms with Gasteiger partial charge in [0.05, 0.1) is 0 Å². The van der Waals surface area contributed by atoms with Gasteiger partial charge in [-0.25, -0.2) is 0 Å². The summed E-state index contributed by atoms with van der Waals surface area (Å²) >= 11 is 16.6. The molecular formula is C8H10Br3ClO. The third-order valence-electron chi connectivity index (χ3n) is 2.59. The molecule has 1 aliphatic rings. The molecule has 0 spiro atoms. The second kappa shape index (κ2) is 3.46. The van der Waals surface area contributed by atoms with Gasteiger partial charge >= 0.3 is 0 Å². The number of alkyl halides is 4. The molecule has 13 heavy (non-hydrogen) atoms. The number of hydrogen-bond donors (Lipinski definition) is 0. The topological polar surface area (TPSA) is 17.1 Å². The van der Waals surface area contributed by atoms with Crippen LogP contribution in [-0.2, 0) is 4.79 Å². The van der Waals surface area contributed by atoms with Crippen LogP contribution in [0.5, 0.6) is 0 Å². The van der Waals surface area contributed by atoms with Gasteiger partial charge in [0, 0.05) is 17.2 Å². The third-order valence-corrected chi connectivity index (χ3v) is 8.19. The van der Waals surface area contributed by atoms with Gasteiger partial charge in [0.1, 0.15) is 8.11 Å². The van der Waals surface area contributed by atoms with Gasteiger partial charge in [-0.15, -0.1) is 11.6 Å². The van der Waals surface area contributed by atoms with E-state index in [0.717, 1.165) is 0 Å². The minimum atomic E-state index is -0.858. The van der Waals surface area contributed by atoms with Gasteiger partial charge in [0.2, 0.25) is 0 Å². The smallest absolute Gasteiger partial charge is 0.157 e. The van der Waals surface area contributed by atoms with Crippen molar-refractivity contribution in [2.24, 2.45) is 5.41 Å². The second-order valence-electron chi connectivity index (χ2n) is 3.98. The fourth-order valence-electron chi connectivity index (χ4n) is 1.71. The molecule has 1 rings (SSSR count). The van der Waals surface area contributed by atoms with Crippen LogP contribution in [0.15, 0.2) is 0 Å². The summed E-state index contributed by atoms with van der Waals surface area (Å²) in [5, 5.41) is 0.582. The zero-order valence-electron chi connectivity index (χ0n) is 7.33. The molecule has 1 fully saturated rings. The van der Waals surface area contributed by atoms with Crippen molar-refractivity contribution in [2.45, 2.75) is 28.4 Å². The third kappa shape index (κ3) is 1.56. The molecular weight excluding hydrogens is 387 g/mol. The molecule has 0 amide bonds. The molecule has 0 aliphatic heterocycles. The van der Waals surface area contributed by atoms with Crippen LogP contribution in [0.1, 0.15) is 20.3 Å². The van der Waals surface area contributed by atoms with Crippen LogP contribution in [-0.4, -0.2) is 19.2 Å². The number of carbonyl (C=O) groups is 1. The van der Waals surface area contributed by atoms with Crippen molar-refractivity contribution < 1.29 is 4.79 Å². The van der Waals surface area contributed by atoms with Gasteiger partial charge in [-0.3, -0.25) is 4.79 Å². The Balaban J connectivity index is 3.06. The van der Waals surface area contributed by atoms with Crippen molar-refractivity contribution in [2.75, 3.05) is 5.33 Å². The van der Waals surface area contributed by atoms with E-state index in [2.05, 4.69) is 47.8 Å². The summed E-state index contributed by atoms with van der Waals surface area (Å²) < 4.78 is -0.562. The first-order valence-electron chi connectivity index (χ1n) is 3.85. The molecule has 1 atom stereocenters. The minimum Gasteiger partial charge on any atom is -0.298 e. The molecule has 0 saturated heterocycles. The van der Waals surface area contributed by atoms with E-state index in [1.165, 1.54) is 0 Å². The van der Waals surface area contributed by atoms with Gasteiger partial charge < -0.3 is 0 Å². The minimum absolute atomic E-state index is 0.0902. The van der Waals surface area contributed by atoms with Gasteiger partial charge in [0.15, 0.2) is 5.78 Å². The quantitative estimate of drug-likeness (QED) is 0.647. The van der Waals surface area contributed by atoms with Gasteiger partial charge in [-0.05, 0) is 0 Å². The van der Waals surface area contributed by atoms with Gasteiger partial charge in [-0.2, -0.15) is 0 Å². The Bertz CT molecular complexity index is 252. The first kappa shape index (κ1) is 12.5. The molecule has 0 heterocycles. The summed E-state index contributed by atoms with van der Waals surface area (Å²) in [4.78, 5) is 10.7. The average molecular weight is 397 g/mol. The van der Waals surface area contributed by atoms with E-state index < -0.39 is 8.11 Å². The summed E-state index contributed by atoms with van der Waals surface area (Å²) in [6.07, 6.45) is 0.544. The Hall–Kier alpha value is 1.40. The highest BCUT2D eigenvalue weighted by Gasteiger charge is 2.68. The number of halogens is 4. The molecule has 5 heteroatoms. The highest BCUT2D eigenvalue weighted by molar-refractivity contribution is 9.26. The first-order chi connectivity index (χ1) is 5.69. The van der Waals surface area contributed by atoms with Crippen LogP contribution < -0.4 is 0 Å². The number of Topliss-reactive ketones (excluding diaryl/α,β-unsaturated/α-hetero) is 1. The molecule has 1 unspecified atom stereocenters. The van der Waals surface area contributed by atoms with E-state index in [9.17, 15) is 4.79 Å². The SMILES string of the molecule is CC1(C)CC(=O)C1(Cl)C(Br)(Br)CBr. The molecule has 0 aromatic carbocycles. The summed E-state index contributed by atoms with van der Waals surface area (Å²) in [6, 6.07) is 0. The van der Waals surface area contributed by atoms with Crippen LogP contribution in [0.25, 0.3) is 0 Å². The van der Waals surface area contributed by atoms with E-state index in [1.807, 2.05) is 13.8 Å². The van der Waals surface area contributed by atoms with Crippen molar-refractivity contribution >= 4 is 65.2 Å². The van der Waals surface area contributed by atoms with Crippen LogP contribution in [0.3, 0.4) is 0 Å². The van der Waals surface area contributed by atoms with Crippen molar-refractivity contribution in [1.29, 1.82) is 0 Å². The van der Waals surface area contributed by atoms with Crippen LogP contribution in [0.2, 0.25) is 0 Å². The number of hydrogen-bond acceptors (Lipinski definition) is 1. The molecule has 0 aromatic heterocycles. The monoisotopic (exact) mass is 394 g/mol. The van der Waals surface area contributed by atoms with E-state index >= 15 is 0 Å². The van der Waals surface area contributed by atoms with Gasteiger partial charge in [-0.1, -0.05) is 61.6 Å². The largest absolute Gasteiger partial charge is 0.298 e. The van der Waals surface area contributed by atoms with Crippen molar-refractivity contribution in [3.05, 3.63) is 0 Å². The summed E-state index contributed by atoms with van der Waals surface area (Å²) in [5.74, 6) is 0.0902. The molecule has 1 saturated carbocycles. The van der Waals surface area contributed by atoms with Gasteiger partial charge in [0.25, 0.3) is 0 Å². The number of ketones is 1. The van der Waals surface area contributed by atoms with Crippen molar-refractivity contribution in [3.8, 4) is 0 Å². The summed E-state index contributed by atoms with van der Waals surface area (Å²) in [7, 11) is 0. The predicted octanol–water partition coefficient (Wildman–Crippen LogP) is 3.84. The fraction of sp³-hybridized carbons (Fsp3) is 0.875. The zero-order valence-corrected chi connectivity index (χ0v) is 12.8. The van der Waals surface area contributed by atoms with Crippen molar-refractivity contribution in [3.63, 3.8) is 0 Å². The van der Waals surface area contributed by atoms with Crippen LogP contribution in [0.4, 0.5) is 0 Å². The molecule has 0 bridgehead atoms. The Morgan fingerprint density at radius 1 is 1.54 bits per heavy atom. The molecule has 1 nitrogen and oxygen atoms in total.